The first-order chi connectivity index (χ1) is 8.17. The molecule has 0 unspecified atom stereocenters. The minimum Gasteiger partial charge on any atom is -0.482 e. The molecular weight excluding hydrogens is 242 g/mol. The number of hydrogen-bond acceptors (Lipinski definition) is 3. The summed E-state index contributed by atoms with van der Waals surface area (Å²) in [5, 5.41) is 11.7. The van der Waals surface area contributed by atoms with Crippen molar-refractivity contribution in [1.29, 1.82) is 0 Å². The highest BCUT2D eigenvalue weighted by atomic mass is 35.5. The second-order valence-electron chi connectivity index (χ2n) is 3.19. The maximum atomic E-state index is 11.2. The fourth-order valence-corrected chi connectivity index (χ4v) is 1.36. The molecule has 4 nitrogen and oxygen atoms in total. The van der Waals surface area contributed by atoms with Gasteiger partial charge in [-0.25, -0.2) is 0 Å². The molecule has 0 spiro atoms. The molecule has 5 heteroatoms. The van der Waals surface area contributed by atoms with Crippen LogP contribution in [0.4, 0.5) is 0 Å². The van der Waals surface area contributed by atoms with E-state index in [0.717, 1.165) is 0 Å². The molecule has 90 valence electrons. The molecule has 0 saturated heterocycles. The zero-order valence-corrected chi connectivity index (χ0v) is 9.83. The highest BCUT2D eigenvalue weighted by molar-refractivity contribution is 6.32. The lowest BCUT2D eigenvalue weighted by Gasteiger charge is -2.08. The molecule has 1 aromatic carbocycles. The maximum absolute atomic E-state index is 11.2. The van der Waals surface area contributed by atoms with Gasteiger partial charge < -0.3 is 15.2 Å². The van der Waals surface area contributed by atoms with Crippen LogP contribution in [0.15, 0.2) is 18.2 Å². The number of rotatable bonds is 5. The second-order valence-corrected chi connectivity index (χ2v) is 3.60. The van der Waals surface area contributed by atoms with Gasteiger partial charge in [0.1, 0.15) is 5.75 Å². The lowest BCUT2D eigenvalue weighted by atomic mass is 10.2. The van der Waals surface area contributed by atoms with E-state index < -0.39 is 0 Å². The van der Waals surface area contributed by atoms with Crippen LogP contribution in [-0.2, 0) is 11.4 Å². The molecule has 2 N–H and O–H groups in total. The van der Waals surface area contributed by atoms with Gasteiger partial charge in [0, 0.05) is 0 Å². The van der Waals surface area contributed by atoms with E-state index in [2.05, 4.69) is 11.2 Å². The first kappa shape index (κ1) is 13.4. The monoisotopic (exact) mass is 253 g/mol. The molecule has 0 bridgehead atoms. The normalized spacial score (nSPS) is 9.47. The highest BCUT2D eigenvalue weighted by Gasteiger charge is 2.05. The number of aliphatic hydroxyl groups is 1. The Morgan fingerprint density at radius 2 is 2.35 bits per heavy atom. The molecule has 0 aliphatic heterocycles. The van der Waals surface area contributed by atoms with Gasteiger partial charge in [-0.1, -0.05) is 23.6 Å². The number of carbonyl (C=O) groups is 1. The predicted octanol–water partition coefficient (Wildman–Crippen LogP) is 0.960. The van der Waals surface area contributed by atoms with E-state index in [1.165, 1.54) is 0 Å². The molecule has 17 heavy (non-hydrogen) atoms. The molecular formula is C12H12ClNO3. The molecule has 0 radical (unpaired) electrons. The van der Waals surface area contributed by atoms with Gasteiger partial charge >= 0.3 is 0 Å². The standard InChI is InChI=1S/C12H12ClNO3/c1-2-5-14-12(16)8-17-11-4-3-9(7-15)6-10(11)13/h1,3-4,6,15H,5,7-8H2,(H,14,16). The Morgan fingerprint density at radius 1 is 1.59 bits per heavy atom. The van der Waals surface area contributed by atoms with Crippen LogP contribution in [0.25, 0.3) is 0 Å². The first-order valence-electron chi connectivity index (χ1n) is 4.89. The largest absolute Gasteiger partial charge is 0.482 e. The Hall–Kier alpha value is -1.70. The Morgan fingerprint density at radius 3 is 2.94 bits per heavy atom. The van der Waals surface area contributed by atoms with E-state index in [1.807, 2.05) is 0 Å². The van der Waals surface area contributed by atoms with Gasteiger partial charge in [0.2, 0.25) is 0 Å². The Bertz CT molecular complexity index is 440. The Balaban J connectivity index is 2.52. The summed E-state index contributed by atoms with van der Waals surface area (Å²) in [6.07, 6.45) is 4.99. The van der Waals surface area contributed by atoms with Gasteiger partial charge in [0.15, 0.2) is 6.61 Å². The quantitative estimate of drug-likeness (QED) is 0.769. The summed E-state index contributed by atoms with van der Waals surface area (Å²) in [5.74, 6) is 2.36. The van der Waals surface area contributed by atoms with Crippen molar-refractivity contribution in [2.45, 2.75) is 6.61 Å². The average Bonchev–Trinajstić information content (AvgIpc) is 2.34. The zero-order valence-electron chi connectivity index (χ0n) is 9.07. The van der Waals surface area contributed by atoms with Crippen molar-refractivity contribution in [3.05, 3.63) is 28.8 Å². The van der Waals surface area contributed by atoms with Crippen molar-refractivity contribution >= 4 is 17.5 Å². The minimum atomic E-state index is -0.315. The summed E-state index contributed by atoms with van der Waals surface area (Å²) >= 11 is 5.90. The van der Waals surface area contributed by atoms with Gasteiger partial charge in [-0.05, 0) is 17.7 Å². The highest BCUT2D eigenvalue weighted by Crippen LogP contribution is 2.25. The number of halogens is 1. The van der Waals surface area contributed by atoms with E-state index in [9.17, 15) is 4.79 Å². The molecule has 0 aliphatic rings. The van der Waals surface area contributed by atoms with E-state index >= 15 is 0 Å². The van der Waals surface area contributed by atoms with Crippen molar-refractivity contribution < 1.29 is 14.6 Å². The van der Waals surface area contributed by atoms with Crippen LogP contribution in [0.3, 0.4) is 0 Å². The van der Waals surface area contributed by atoms with Crippen LogP contribution >= 0.6 is 11.6 Å². The van der Waals surface area contributed by atoms with E-state index in [1.54, 1.807) is 18.2 Å². The van der Waals surface area contributed by atoms with Crippen LogP contribution in [0.2, 0.25) is 5.02 Å². The molecule has 0 atom stereocenters. The van der Waals surface area contributed by atoms with E-state index in [-0.39, 0.29) is 25.7 Å². The van der Waals surface area contributed by atoms with E-state index in [4.69, 9.17) is 27.9 Å². The van der Waals surface area contributed by atoms with Crippen LogP contribution in [0, 0.1) is 12.3 Å². The summed E-state index contributed by atoms with van der Waals surface area (Å²) < 4.78 is 5.20. The second kappa shape index (κ2) is 6.79. The summed E-state index contributed by atoms with van der Waals surface area (Å²) in [4.78, 5) is 11.2. The number of carbonyl (C=O) groups excluding carboxylic acids is 1. The lowest BCUT2D eigenvalue weighted by Crippen LogP contribution is -2.29. The molecule has 0 fully saturated rings. The van der Waals surface area contributed by atoms with Crippen LogP contribution in [0.1, 0.15) is 5.56 Å². The molecule has 0 aromatic heterocycles. The third kappa shape index (κ3) is 4.35. The van der Waals surface area contributed by atoms with Gasteiger partial charge in [-0.15, -0.1) is 6.42 Å². The number of aliphatic hydroxyl groups excluding tert-OH is 1. The van der Waals surface area contributed by atoms with Crippen LogP contribution < -0.4 is 10.1 Å². The first-order valence-corrected chi connectivity index (χ1v) is 5.27. The fraction of sp³-hybridized carbons (Fsp3) is 0.250. The van der Waals surface area contributed by atoms with Gasteiger partial charge in [-0.2, -0.15) is 0 Å². The minimum absolute atomic E-state index is 0.0946. The van der Waals surface area contributed by atoms with Crippen molar-refractivity contribution in [3.63, 3.8) is 0 Å². The summed E-state index contributed by atoms with van der Waals surface area (Å²) in [7, 11) is 0. The topological polar surface area (TPSA) is 58.6 Å². The van der Waals surface area contributed by atoms with Crippen molar-refractivity contribution in [1.82, 2.24) is 5.32 Å². The number of terminal acetylenes is 1. The number of hydrogen-bond donors (Lipinski definition) is 2. The predicted molar refractivity (Wildman–Crippen MR) is 64.7 cm³/mol. The molecule has 0 heterocycles. The fourth-order valence-electron chi connectivity index (χ4n) is 1.10. The molecule has 1 rings (SSSR count). The smallest absolute Gasteiger partial charge is 0.258 e. The number of amides is 1. The lowest BCUT2D eigenvalue weighted by molar-refractivity contribution is -0.122. The van der Waals surface area contributed by atoms with Crippen LogP contribution in [-0.4, -0.2) is 24.2 Å². The van der Waals surface area contributed by atoms with Gasteiger partial charge in [0.25, 0.3) is 5.91 Å². The molecule has 0 aliphatic carbocycles. The maximum Gasteiger partial charge on any atom is 0.258 e. The van der Waals surface area contributed by atoms with Gasteiger partial charge in [-0.3, -0.25) is 4.79 Å². The van der Waals surface area contributed by atoms with E-state index in [0.29, 0.717) is 16.3 Å². The average molecular weight is 254 g/mol. The van der Waals surface area contributed by atoms with Gasteiger partial charge in [0.05, 0.1) is 18.2 Å². The van der Waals surface area contributed by atoms with Crippen LogP contribution in [0.5, 0.6) is 5.75 Å². The molecule has 1 amide bonds. The summed E-state index contributed by atoms with van der Waals surface area (Å²) in [6.45, 7) is -0.0814. The summed E-state index contributed by atoms with van der Waals surface area (Å²) in [6, 6.07) is 4.85. The number of benzene rings is 1. The zero-order chi connectivity index (χ0) is 12.7. The number of nitrogens with one attached hydrogen (secondary N) is 1. The Kier molecular flexibility index (Phi) is 5.34. The third-order valence-corrected chi connectivity index (χ3v) is 2.22. The number of ether oxygens (including phenoxy) is 1. The van der Waals surface area contributed by atoms with Crippen molar-refractivity contribution in [3.8, 4) is 18.1 Å². The van der Waals surface area contributed by atoms with Crippen molar-refractivity contribution in [2.24, 2.45) is 0 Å². The van der Waals surface area contributed by atoms with Crippen molar-refractivity contribution in [2.75, 3.05) is 13.2 Å². The Labute approximate surface area is 105 Å². The SMILES string of the molecule is C#CCNC(=O)COc1ccc(CO)cc1Cl. The molecule has 0 saturated carbocycles. The third-order valence-electron chi connectivity index (χ3n) is 1.93. The molecule has 1 aromatic rings. The summed E-state index contributed by atoms with van der Waals surface area (Å²) in [5.41, 5.74) is 0.680.